The summed E-state index contributed by atoms with van der Waals surface area (Å²) in [7, 11) is 1.53. The second-order valence-corrected chi connectivity index (χ2v) is 4.59. The molecule has 0 aliphatic rings. The molecule has 106 valence electrons. The Bertz CT molecular complexity index is 714. The smallest absolute Gasteiger partial charge is 0.279 e. The summed E-state index contributed by atoms with van der Waals surface area (Å²) in [5.41, 5.74) is 1.82. The molecule has 0 saturated heterocycles. The second kappa shape index (κ2) is 5.28. The largest absolute Gasteiger partial charge is 0.307 e. The maximum atomic E-state index is 12.3. The van der Waals surface area contributed by atoms with Crippen LogP contribution in [0.1, 0.15) is 34.1 Å². The lowest BCUT2D eigenvalue weighted by molar-refractivity contribution is 0.102. The van der Waals surface area contributed by atoms with Crippen molar-refractivity contribution in [3.8, 4) is 0 Å². The van der Waals surface area contributed by atoms with Gasteiger partial charge in [0.2, 0.25) is 0 Å². The highest BCUT2D eigenvalue weighted by Crippen LogP contribution is 2.13. The zero-order valence-corrected chi connectivity index (χ0v) is 11.9. The molecule has 0 atom stereocenters. The number of nitrogens with one attached hydrogen (secondary N) is 2. The molecule has 0 spiro atoms. The summed E-state index contributed by atoms with van der Waals surface area (Å²) in [4.78, 5) is 24.4. The average molecular weight is 275 g/mol. The maximum Gasteiger partial charge on any atom is 0.279 e. The van der Waals surface area contributed by atoms with Crippen LogP contribution in [0, 0.1) is 13.8 Å². The van der Waals surface area contributed by atoms with Gasteiger partial charge in [-0.2, -0.15) is 10.2 Å². The van der Waals surface area contributed by atoms with Gasteiger partial charge < -0.3 is 5.32 Å². The molecule has 2 rings (SSSR count). The van der Waals surface area contributed by atoms with Gasteiger partial charge in [0.25, 0.3) is 11.5 Å². The summed E-state index contributed by atoms with van der Waals surface area (Å²) in [6, 6.07) is 0. The number of nitrogens with zero attached hydrogens (tertiary/aromatic N) is 3. The summed E-state index contributed by atoms with van der Waals surface area (Å²) in [6.45, 7) is 5.44. The van der Waals surface area contributed by atoms with Crippen molar-refractivity contribution < 1.29 is 4.79 Å². The van der Waals surface area contributed by atoms with Gasteiger partial charge in [-0.15, -0.1) is 0 Å². The summed E-state index contributed by atoms with van der Waals surface area (Å²) in [5, 5.41) is 13.3. The minimum atomic E-state index is -0.451. The predicted molar refractivity (Wildman–Crippen MR) is 74.9 cm³/mol. The zero-order chi connectivity index (χ0) is 14.9. The Morgan fingerprint density at radius 2 is 2.15 bits per heavy atom. The van der Waals surface area contributed by atoms with Crippen molar-refractivity contribution in [2.45, 2.75) is 27.2 Å². The molecule has 0 aromatic carbocycles. The molecule has 0 unspecified atom stereocenters. The number of carbonyl (C=O) groups is 1. The summed E-state index contributed by atoms with van der Waals surface area (Å²) < 4.78 is 1.17. The quantitative estimate of drug-likeness (QED) is 0.871. The lowest BCUT2D eigenvalue weighted by Gasteiger charge is -2.10. The standard InChI is InChI=1S/C13H17N5O2/c1-5-9-6-14-16-11(9)15-12(19)10-7(2)8(3)17-18(4)13(10)20/h6H,5H2,1-4H3,(H2,14,15,16,19). The summed E-state index contributed by atoms with van der Waals surface area (Å²) in [6.07, 6.45) is 2.39. The van der Waals surface area contributed by atoms with Crippen LogP contribution in [0.3, 0.4) is 0 Å². The number of rotatable bonds is 3. The van der Waals surface area contributed by atoms with E-state index in [9.17, 15) is 9.59 Å². The van der Waals surface area contributed by atoms with Crippen LogP contribution in [0.25, 0.3) is 0 Å². The third-order valence-electron chi connectivity index (χ3n) is 3.29. The molecule has 0 aliphatic carbocycles. The van der Waals surface area contributed by atoms with Gasteiger partial charge in [-0.1, -0.05) is 6.92 Å². The molecule has 0 bridgehead atoms. The molecular formula is C13H17N5O2. The molecule has 0 saturated carbocycles. The molecule has 7 heteroatoms. The van der Waals surface area contributed by atoms with Crippen LogP contribution in [0.5, 0.6) is 0 Å². The van der Waals surface area contributed by atoms with E-state index < -0.39 is 11.5 Å². The first-order valence-electron chi connectivity index (χ1n) is 6.33. The van der Waals surface area contributed by atoms with Crippen molar-refractivity contribution >= 4 is 11.7 Å². The average Bonchev–Trinajstić information content (AvgIpc) is 2.84. The molecule has 20 heavy (non-hydrogen) atoms. The molecular weight excluding hydrogens is 258 g/mol. The fourth-order valence-electron chi connectivity index (χ4n) is 1.98. The fourth-order valence-corrected chi connectivity index (χ4v) is 1.98. The number of anilines is 1. The number of aromatic amines is 1. The number of H-pyrrole nitrogens is 1. The van der Waals surface area contributed by atoms with Crippen LogP contribution >= 0.6 is 0 Å². The van der Waals surface area contributed by atoms with Crippen molar-refractivity contribution in [1.29, 1.82) is 0 Å². The van der Waals surface area contributed by atoms with Crippen LogP contribution in [-0.2, 0) is 13.5 Å². The highest BCUT2D eigenvalue weighted by Gasteiger charge is 2.19. The number of amides is 1. The monoisotopic (exact) mass is 275 g/mol. The van der Waals surface area contributed by atoms with Gasteiger partial charge in [0.1, 0.15) is 11.4 Å². The number of hydrogen-bond acceptors (Lipinski definition) is 4. The molecule has 2 N–H and O–H groups in total. The van der Waals surface area contributed by atoms with E-state index in [2.05, 4.69) is 20.6 Å². The predicted octanol–water partition coefficient (Wildman–Crippen LogP) is 0.935. The number of aromatic nitrogens is 4. The Morgan fingerprint density at radius 3 is 2.80 bits per heavy atom. The van der Waals surface area contributed by atoms with Gasteiger partial charge in [-0.05, 0) is 25.8 Å². The van der Waals surface area contributed by atoms with E-state index in [4.69, 9.17) is 0 Å². The normalized spacial score (nSPS) is 10.6. The van der Waals surface area contributed by atoms with Crippen LogP contribution in [-0.4, -0.2) is 25.9 Å². The van der Waals surface area contributed by atoms with Crippen LogP contribution in [0.15, 0.2) is 11.0 Å². The molecule has 2 aromatic rings. The minimum absolute atomic E-state index is 0.108. The van der Waals surface area contributed by atoms with E-state index in [-0.39, 0.29) is 5.56 Å². The Kier molecular flexibility index (Phi) is 3.69. The second-order valence-electron chi connectivity index (χ2n) is 4.59. The van der Waals surface area contributed by atoms with Gasteiger partial charge in [0, 0.05) is 12.6 Å². The van der Waals surface area contributed by atoms with E-state index in [0.29, 0.717) is 17.1 Å². The van der Waals surface area contributed by atoms with Crippen LogP contribution in [0.4, 0.5) is 5.82 Å². The van der Waals surface area contributed by atoms with E-state index in [1.54, 1.807) is 20.0 Å². The van der Waals surface area contributed by atoms with Gasteiger partial charge in [0.05, 0.1) is 11.9 Å². The summed E-state index contributed by atoms with van der Waals surface area (Å²) >= 11 is 0. The van der Waals surface area contributed by atoms with Crippen molar-refractivity contribution in [2.24, 2.45) is 7.05 Å². The third-order valence-corrected chi connectivity index (χ3v) is 3.29. The van der Waals surface area contributed by atoms with Crippen molar-refractivity contribution in [3.63, 3.8) is 0 Å². The Hall–Kier alpha value is -2.44. The van der Waals surface area contributed by atoms with Gasteiger partial charge in [-0.25, -0.2) is 4.68 Å². The Labute approximate surface area is 116 Å². The summed E-state index contributed by atoms with van der Waals surface area (Å²) in [5.74, 6) is 0.0703. The highest BCUT2D eigenvalue weighted by atomic mass is 16.2. The Morgan fingerprint density at radius 1 is 1.45 bits per heavy atom. The van der Waals surface area contributed by atoms with Gasteiger partial charge >= 0.3 is 0 Å². The molecule has 7 nitrogen and oxygen atoms in total. The first-order valence-corrected chi connectivity index (χ1v) is 6.33. The molecule has 1 amide bonds. The number of hydrogen-bond donors (Lipinski definition) is 2. The maximum absolute atomic E-state index is 12.3. The molecule has 2 heterocycles. The first kappa shape index (κ1) is 14.0. The first-order chi connectivity index (χ1) is 9.45. The molecule has 0 aliphatic heterocycles. The number of carbonyl (C=O) groups excluding carboxylic acids is 1. The van der Waals surface area contributed by atoms with Gasteiger partial charge in [-0.3, -0.25) is 14.7 Å². The van der Waals surface area contributed by atoms with Crippen molar-refractivity contribution in [3.05, 3.63) is 38.9 Å². The topological polar surface area (TPSA) is 92.7 Å². The van der Waals surface area contributed by atoms with E-state index >= 15 is 0 Å². The van der Waals surface area contributed by atoms with Crippen molar-refractivity contribution in [2.75, 3.05) is 5.32 Å². The molecule has 2 aromatic heterocycles. The van der Waals surface area contributed by atoms with E-state index in [0.717, 1.165) is 12.0 Å². The molecule has 0 fully saturated rings. The fraction of sp³-hybridized carbons (Fsp3) is 0.385. The van der Waals surface area contributed by atoms with Crippen LogP contribution < -0.4 is 10.9 Å². The lowest BCUT2D eigenvalue weighted by atomic mass is 10.1. The van der Waals surface area contributed by atoms with Crippen LogP contribution in [0.2, 0.25) is 0 Å². The van der Waals surface area contributed by atoms with E-state index in [1.807, 2.05) is 6.92 Å². The zero-order valence-electron chi connectivity index (χ0n) is 11.9. The SMILES string of the molecule is CCc1cn[nH]c1NC(=O)c1c(C)c(C)nn(C)c1=O. The van der Waals surface area contributed by atoms with E-state index in [1.165, 1.54) is 11.7 Å². The minimum Gasteiger partial charge on any atom is -0.307 e. The van der Waals surface area contributed by atoms with Gasteiger partial charge in [0.15, 0.2) is 0 Å². The Balaban J connectivity index is 2.42. The van der Waals surface area contributed by atoms with Crippen molar-refractivity contribution in [1.82, 2.24) is 20.0 Å². The highest BCUT2D eigenvalue weighted by molar-refractivity contribution is 6.04. The molecule has 0 radical (unpaired) electrons. The third kappa shape index (κ3) is 2.34. The number of aryl methyl sites for hydroxylation is 3. The lowest BCUT2D eigenvalue weighted by Crippen LogP contribution is -2.31.